The van der Waals surface area contributed by atoms with Crippen LogP contribution in [-0.2, 0) is 0 Å². The highest BCUT2D eigenvalue weighted by molar-refractivity contribution is 7.17. The second-order valence-corrected chi connectivity index (χ2v) is 8.80. The summed E-state index contributed by atoms with van der Waals surface area (Å²) in [5.74, 6) is 0.637. The standard InChI is InChI=1S/C23H21ClN4OS/c1-15-6-8-16(9-7-15)17-14-30-21-20(17)25-23(26-22(21)29)28-12-10-27(11-13-28)19-5-3-2-4-18(19)24/h2-9,14H,10-13H2,1H3,(H,25,26,29). The summed E-state index contributed by atoms with van der Waals surface area (Å²) in [4.78, 5) is 25.0. The van der Waals surface area contributed by atoms with Gasteiger partial charge in [-0.1, -0.05) is 53.6 Å². The number of anilines is 2. The number of hydrogen-bond donors (Lipinski definition) is 1. The summed E-state index contributed by atoms with van der Waals surface area (Å²) >= 11 is 7.80. The summed E-state index contributed by atoms with van der Waals surface area (Å²) in [6.07, 6.45) is 0. The number of nitrogens with one attached hydrogen (secondary N) is 1. The molecule has 4 aromatic rings. The lowest BCUT2D eigenvalue weighted by molar-refractivity contribution is 0.640. The maximum Gasteiger partial charge on any atom is 0.270 e. The Bertz CT molecular complexity index is 1260. The number of piperazine rings is 1. The van der Waals surface area contributed by atoms with Crippen LogP contribution in [0.2, 0.25) is 5.02 Å². The first kappa shape index (κ1) is 19.2. The molecule has 1 aliphatic rings. The van der Waals surface area contributed by atoms with E-state index in [1.807, 2.05) is 29.6 Å². The number of aryl methyl sites for hydroxylation is 1. The van der Waals surface area contributed by atoms with Gasteiger partial charge in [-0.15, -0.1) is 11.3 Å². The first-order chi connectivity index (χ1) is 14.6. The third-order valence-electron chi connectivity index (χ3n) is 5.55. The molecule has 0 unspecified atom stereocenters. The van der Waals surface area contributed by atoms with Gasteiger partial charge in [0.2, 0.25) is 5.95 Å². The fourth-order valence-corrected chi connectivity index (χ4v) is 5.03. The fraction of sp³-hybridized carbons (Fsp3) is 0.217. The van der Waals surface area contributed by atoms with Gasteiger partial charge >= 0.3 is 0 Å². The molecular weight excluding hydrogens is 416 g/mol. The van der Waals surface area contributed by atoms with Crippen molar-refractivity contribution in [1.82, 2.24) is 9.97 Å². The lowest BCUT2D eigenvalue weighted by atomic mass is 10.1. The Hall–Kier alpha value is -2.83. The molecule has 7 heteroatoms. The zero-order valence-corrected chi connectivity index (χ0v) is 18.1. The van der Waals surface area contributed by atoms with E-state index in [0.717, 1.165) is 53.5 Å². The largest absolute Gasteiger partial charge is 0.367 e. The minimum atomic E-state index is -0.0769. The molecule has 30 heavy (non-hydrogen) atoms. The van der Waals surface area contributed by atoms with Gasteiger partial charge in [0.05, 0.1) is 16.2 Å². The van der Waals surface area contributed by atoms with Gasteiger partial charge in [0.25, 0.3) is 5.56 Å². The maximum absolute atomic E-state index is 12.7. The molecule has 152 valence electrons. The van der Waals surface area contributed by atoms with Crippen molar-refractivity contribution >= 4 is 44.8 Å². The number of para-hydroxylation sites is 1. The lowest BCUT2D eigenvalue weighted by Crippen LogP contribution is -2.47. The van der Waals surface area contributed by atoms with Crippen molar-refractivity contribution in [3.63, 3.8) is 0 Å². The summed E-state index contributed by atoms with van der Waals surface area (Å²) in [7, 11) is 0. The van der Waals surface area contributed by atoms with Gasteiger partial charge in [0, 0.05) is 37.1 Å². The van der Waals surface area contributed by atoms with Crippen molar-refractivity contribution in [3.8, 4) is 11.1 Å². The fourth-order valence-electron chi connectivity index (χ4n) is 3.87. The summed E-state index contributed by atoms with van der Waals surface area (Å²) in [6, 6.07) is 16.2. The van der Waals surface area contributed by atoms with E-state index in [9.17, 15) is 4.79 Å². The zero-order chi connectivity index (χ0) is 20.7. The summed E-state index contributed by atoms with van der Waals surface area (Å²) in [6.45, 7) is 5.24. The van der Waals surface area contributed by atoms with E-state index in [0.29, 0.717) is 10.6 Å². The van der Waals surface area contributed by atoms with Gasteiger partial charge in [-0.2, -0.15) is 0 Å². The average Bonchev–Trinajstić information content (AvgIpc) is 3.19. The van der Waals surface area contributed by atoms with Crippen molar-refractivity contribution in [1.29, 1.82) is 0 Å². The minimum absolute atomic E-state index is 0.0769. The molecule has 3 heterocycles. The molecule has 1 aliphatic heterocycles. The number of aromatic amines is 1. The molecule has 2 aromatic carbocycles. The Morgan fingerprint density at radius 1 is 1.00 bits per heavy atom. The second-order valence-electron chi connectivity index (χ2n) is 7.51. The molecule has 0 spiro atoms. The van der Waals surface area contributed by atoms with E-state index in [4.69, 9.17) is 16.6 Å². The molecule has 5 rings (SSSR count). The Morgan fingerprint density at radius 2 is 1.70 bits per heavy atom. The molecule has 0 saturated carbocycles. The number of rotatable bonds is 3. The minimum Gasteiger partial charge on any atom is -0.367 e. The molecule has 0 amide bonds. The van der Waals surface area contributed by atoms with Crippen LogP contribution in [0.15, 0.2) is 58.7 Å². The third-order valence-corrected chi connectivity index (χ3v) is 6.84. The van der Waals surface area contributed by atoms with Gasteiger partial charge in [-0.05, 0) is 24.6 Å². The summed E-state index contributed by atoms with van der Waals surface area (Å²) < 4.78 is 0.670. The van der Waals surface area contributed by atoms with Crippen molar-refractivity contribution in [2.45, 2.75) is 6.92 Å². The number of H-pyrrole nitrogens is 1. The van der Waals surface area contributed by atoms with Gasteiger partial charge in [0.1, 0.15) is 4.70 Å². The Balaban J connectivity index is 1.44. The highest BCUT2D eigenvalue weighted by atomic mass is 35.5. The van der Waals surface area contributed by atoms with E-state index in [1.165, 1.54) is 16.9 Å². The molecule has 1 N–H and O–H groups in total. The van der Waals surface area contributed by atoms with Crippen LogP contribution in [0.3, 0.4) is 0 Å². The predicted octanol–water partition coefficient (Wildman–Crippen LogP) is 4.94. The first-order valence-electron chi connectivity index (χ1n) is 9.93. The van der Waals surface area contributed by atoms with Crippen LogP contribution in [0.5, 0.6) is 0 Å². The SMILES string of the molecule is Cc1ccc(-c2csc3c(=O)[nH]c(N4CCN(c5ccccc5Cl)CC4)nc23)cc1. The zero-order valence-electron chi connectivity index (χ0n) is 16.6. The van der Waals surface area contributed by atoms with E-state index < -0.39 is 0 Å². The molecule has 2 aromatic heterocycles. The topological polar surface area (TPSA) is 52.2 Å². The molecular formula is C23H21ClN4OS. The van der Waals surface area contributed by atoms with Crippen LogP contribution in [0.1, 0.15) is 5.56 Å². The molecule has 0 bridgehead atoms. The van der Waals surface area contributed by atoms with Crippen LogP contribution in [-0.4, -0.2) is 36.1 Å². The number of nitrogens with zero attached hydrogens (tertiary/aromatic N) is 3. The number of fused-ring (bicyclic) bond motifs is 1. The van der Waals surface area contributed by atoms with Gasteiger partial charge < -0.3 is 9.80 Å². The van der Waals surface area contributed by atoms with Crippen LogP contribution < -0.4 is 15.4 Å². The molecule has 5 nitrogen and oxygen atoms in total. The predicted molar refractivity (Wildman–Crippen MR) is 126 cm³/mol. The van der Waals surface area contributed by atoms with Crippen LogP contribution in [0, 0.1) is 6.92 Å². The third kappa shape index (κ3) is 3.46. The van der Waals surface area contributed by atoms with E-state index in [2.05, 4.69) is 46.0 Å². The van der Waals surface area contributed by atoms with Crippen LogP contribution >= 0.6 is 22.9 Å². The number of thiophene rings is 1. The Kier molecular flexibility index (Phi) is 4.97. The van der Waals surface area contributed by atoms with Gasteiger partial charge in [-0.25, -0.2) is 4.98 Å². The molecule has 1 fully saturated rings. The van der Waals surface area contributed by atoms with E-state index in [-0.39, 0.29) is 5.56 Å². The summed E-state index contributed by atoms with van der Waals surface area (Å²) in [5, 5.41) is 2.79. The Labute approximate surface area is 183 Å². The second kappa shape index (κ2) is 7.78. The quantitative estimate of drug-likeness (QED) is 0.494. The monoisotopic (exact) mass is 436 g/mol. The molecule has 1 saturated heterocycles. The van der Waals surface area contributed by atoms with Crippen molar-refractivity contribution in [2.75, 3.05) is 36.0 Å². The highest BCUT2D eigenvalue weighted by Crippen LogP contribution is 2.32. The normalized spacial score (nSPS) is 14.5. The maximum atomic E-state index is 12.7. The first-order valence-corrected chi connectivity index (χ1v) is 11.2. The van der Waals surface area contributed by atoms with E-state index >= 15 is 0 Å². The number of benzene rings is 2. The highest BCUT2D eigenvalue weighted by Gasteiger charge is 2.22. The molecule has 0 aliphatic carbocycles. The molecule has 0 radical (unpaired) electrons. The van der Waals surface area contributed by atoms with Crippen LogP contribution in [0.4, 0.5) is 11.6 Å². The van der Waals surface area contributed by atoms with Crippen molar-refractivity contribution in [2.24, 2.45) is 0 Å². The van der Waals surface area contributed by atoms with E-state index in [1.54, 1.807) is 0 Å². The average molecular weight is 437 g/mol. The lowest BCUT2D eigenvalue weighted by Gasteiger charge is -2.36. The van der Waals surface area contributed by atoms with Gasteiger partial charge in [0.15, 0.2) is 0 Å². The number of aromatic nitrogens is 2. The Morgan fingerprint density at radius 3 is 2.43 bits per heavy atom. The van der Waals surface area contributed by atoms with Crippen LogP contribution in [0.25, 0.3) is 21.3 Å². The summed E-state index contributed by atoms with van der Waals surface area (Å²) in [5.41, 5.74) is 5.05. The molecule has 0 atom stereocenters. The smallest absolute Gasteiger partial charge is 0.270 e. The number of halogens is 1. The number of hydrogen-bond acceptors (Lipinski definition) is 5. The van der Waals surface area contributed by atoms with Crippen molar-refractivity contribution in [3.05, 3.63) is 74.9 Å². The van der Waals surface area contributed by atoms with Gasteiger partial charge in [-0.3, -0.25) is 9.78 Å². The van der Waals surface area contributed by atoms with Crippen molar-refractivity contribution < 1.29 is 0 Å².